The van der Waals surface area contributed by atoms with Gasteiger partial charge in [0.1, 0.15) is 5.52 Å². The molecule has 7 heteroatoms. The van der Waals surface area contributed by atoms with Gasteiger partial charge >= 0.3 is 29.6 Å². The minimum Gasteiger partial charge on any atom is -0.857 e. The Morgan fingerprint density at radius 3 is 2.71 bits per heavy atom. The van der Waals surface area contributed by atoms with Gasteiger partial charge in [-0.3, -0.25) is 0 Å². The standard InChI is InChI=1S/C7H7N5O.Na/c1-3-2-9-5-4(10-3)6(13)12-7(8)11-5;/h2H,1H3,(H3,8,9,11,12,13);/q;+1/p-1. The molecule has 2 heterocycles. The van der Waals surface area contributed by atoms with Crippen molar-refractivity contribution < 1.29 is 34.7 Å². The van der Waals surface area contributed by atoms with Crippen LogP contribution in [0.4, 0.5) is 5.95 Å². The number of hydrogen-bond acceptors (Lipinski definition) is 6. The van der Waals surface area contributed by atoms with Gasteiger partial charge in [0.25, 0.3) is 0 Å². The maximum Gasteiger partial charge on any atom is 1.00 e. The number of fused-ring (bicyclic) bond motifs is 1. The van der Waals surface area contributed by atoms with Gasteiger partial charge in [-0.25, -0.2) is 15.0 Å². The Labute approximate surface area is 102 Å². The Bertz CT molecular complexity index is 475. The Balaban J connectivity index is 0.000000980. The number of aryl methyl sites for hydroxylation is 1. The third-order valence-corrected chi connectivity index (χ3v) is 1.51. The van der Waals surface area contributed by atoms with Crippen LogP contribution in [0.2, 0.25) is 0 Å². The number of anilines is 1. The number of aromatic nitrogens is 4. The van der Waals surface area contributed by atoms with Gasteiger partial charge in [0.2, 0.25) is 5.95 Å². The Hall–Kier alpha value is -0.980. The zero-order valence-corrected chi connectivity index (χ0v) is 9.85. The number of nitrogens with zero attached hydrogens (tertiary/aromatic N) is 4. The third-order valence-electron chi connectivity index (χ3n) is 1.51. The average Bonchev–Trinajstić information content (AvgIpc) is 2.06. The van der Waals surface area contributed by atoms with Crippen molar-refractivity contribution in [1.29, 1.82) is 0 Å². The first-order valence-electron chi connectivity index (χ1n) is 3.60. The molecule has 6 nitrogen and oxygen atoms in total. The molecule has 0 saturated heterocycles. The topological polar surface area (TPSA) is 101 Å². The molecule has 0 spiro atoms. The van der Waals surface area contributed by atoms with E-state index in [0.717, 1.165) is 0 Å². The van der Waals surface area contributed by atoms with Crippen molar-refractivity contribution >= 4 is 17.1 Å². The SMILES string of the molecule is Cc1cnc2nc(N)nc([O-])c2n1.[Na+]. The van der Waals surface area contributed by atoms with Crippen molar-refractivity contribution in [3.8, 4) is 5.88 Å². The van der Waals surface area contributed by atoms with Crippen LogP contribution in [0.1, 0.15) is 5.69 Å². The van der Waals surface area contributed by atoms with Crippen molar-refractivity contribution in [2.75, 3.05) is 5.73 Å². The quantitative estimate of drug-likeness (QED) is 0.440. The number of hydrogen-bond donors (Lipinski definition) is 1. The van der Waals surface area contributed by atoms with Crippen LogP contribution in [-0.2, 0) is 0 Å². The molecule has 0 atom stereocenters. The van der Waals surface area contributed by atoms with Gasteiger partial charge in [-0.1, -0.05) is 0 Å². The van der Waals surface area contributed by atoms with Crippen molar-refractivity contribution in [3.05, 3.63) is 11.9 Å². The molecule has 0 aliphatic rings. The summed E-state index contributed by atoms with van der Waals surface area (Å²) in [7, 11) is 0. The molecule has 14 heavy (non-hydrogen) atoms. The molecule has 0 aliphatic carbocycles. The summed E-state index contributed by atoms with van der Waals surface area (Å²) in [5, 5.41) is 11.2. The molecule has 0 fully saturated rings. The van der Waals surface area contributed by atoms with Crippen LogP contribution in [0.3, 0.4) is 0 Å². The molecule has 2 N–H and O–H groups in total. The van der Waals surface area contributed by atoms with E-state index in [1.54, 1.807) is 6.92 Å². The van der Waals surface area contributed by atoms with Gasteiger partial charge in [0, 0.05) is 5.88 Å². The first-order chi connectivity index (χ1) is 6.16. The van der Waals surface area contributed by atoms with Crippen molar-refractivity contribution in [3.63, 3.8) is 0 Å². The average molecular weight is 199 g/mol. The second-order valence-electron chi connectivity index (χ2n) is 2.57. The van der Waals surface area contributed by atoms with Gasteiger partial charge < -0.3 is 10.8 Å². The van der Waals surface area contributed by atoms with Gasteiger partial charge in [0.15, 0.2) is 5.65 Å². The Kier molecular flexibility index (Phi) is 3.20. The van der Waals surface area contributed by atoms with Crippen LogP contribution in [0.25, 0.3) is 11.2 Å². The molecule has 2 aromatic rings. The van der Waals surface area contributed by atoms with E-state index in [1.165, 1.54) is 6.20 Å². The monoisotopic (exact) mass is 199 g/mol. The maximum absolute atomic E-state index is 11.2. The second kappa shape index (κ2) is 4.04. The molecule has 0 saturated carbocycles. The number of nitrogens with two attached hydrogens (primary N) is 1. The smallest absolute Gasteiger partial charge is 0.857 e. The minimum absolute atomic E-state index is 0. The van der Waals surface area contributed by atoms with E-state index in [4.69, 9.17) is 5.73 Å². The van der Waals surface area contributed by atoms with E-state index in [-0.39, 0.29) is 46.7 Å². The number of rotatable bonds is 0. The summed E-state index contributed by atoms with van der Waals surface area (Å²) in [6, 6.07) is 0. The van der Waals surface area contributed by atoms with E-state index < -0.39 is 5.88 Å². The van der Waals surface area contributed by atoms with Crippen LogP contribution in [0.5, 0.6) is 5.88 Å². The van der Waals surface area contributed by atoms with Crippen LogP contribution in [0, 0.1) is 6.92 Å². The Morgan fingerprint density at radius 2 is 2.00 bits per heavy atom. The summed E-state index contributed by atoms with van der Waals surface area (Å²) in [4.78, 5) is 15.1. The molecule has 2 aromatic heterocycles. The summed E-state index contributed by atoms with van der Waals surface area (Å²) in [5.74, 6) is -0.561. The molecule has 0 aromatic carbocycles. The van der Waals surface area contributed by atoms with Gasteiger partial charge in [-0.05, 0) is 6.92 Å². The molecule has 0 bridgehead atoms. The van der Waals surface area contributed by atoms with E-state index >= 15 is 0 Å². The zero-order chi connectivity index (χ0) is 9.42. The summed E-state index contributed by atoms with van der Waals surface area (Å²) in [6.07, 6.45) is 1.52. The minimum atomic E-state index is -0.487. The van der Waals surface area contributed by atoms with E-state index in [1.807, 2.05) is 0 Å². The fraction of sp³-hybridized carbons (Fsp3) is 0.143. The van der Waals surface area contributed by atoms with Crippen molar-refractivity contribution in [1.82, 2.24) is 19.9 Å². The molecule has 0 radical (unpaired) electrons. The first kappa shape index (κ1) is 11.1. The van der Waals surface area contributed by atoms with E-state index in [0.29, 0.717) is 5.69 Å². The molecular weight excluding hydrogens is 193 g/mol. The summed E-state index contributed by atoms with van der Waals surface area (Å²) < 4.78 is 0. The largest absolute Gasteiger partial charge is 1.00 e. The van der Waals surface area contributed by atoms with Gasteiger partial charge in [0.05, 0.1) is 11.9 Å². The Morgan fingerprint density at radius 1 is 1.29 bits per heavy atom. The normalized spacial score (nSPS) is 9.79. The molecule has 0 amide bonds. The predicted octanol–water partition coefficient (Wildman–Crippen LogP) is -3.61. The molecule has 0 unspecified atom stereocenters. The van der Waals surface area contributed by atoms with Crippen LogP contribution in [0.15, 0.2) is 6.20 Å². The summed E-state index contributed by atoms with van der Waals surface area (Å²) in [5.41, 5.74) is 6.32. The summed E-state index contributed by atoms with van der Waals surface area (Å²) >= 11 is 0. The van der Waals surface area contributed by atoms with Crippen molar-refractivity contribution in [2.24, 2.45) is 0 Å². The van der Waals surface area contributed by atoms with E-state index in [2.05, 4.69) is 19.9 Å². The maximum atomic E-state index is 11.2. The van der Waals surface area contributed by atoms with E-state index in [9.17, 15) is 5.11 Å². The van der Waals surface area contributed by atoms with Gasteiger partial charge in [-0.15, -0.1) is 0 Å². The molecule has 0 aliphatic heterocycles. The molecular formula is C7H6N5NaO. The third kappa shape index (κ3) is 1.92. The first-order valence-corrected chi connectivity index (χ1v) is 3.60. The summed E-state index contributed by atoms with van der Waals surface area (Å²) in [6.45, 7) is 1.74. The molecule has 2 rings (SSSR count). The second-order valence-corrected chi connectivity index (χ2v) is 2.57. The fourth-order valence-electron chi connectivity index (χ4n) is 0.987. The fourth-order valence-corrected chi connectivity index (χ4v) is 0.987. The zero-order valence-electron chi connectivity index (χ0n) is 7.85. The van der Waals surface area contributed by atoms with Crippen molar-refractivity contribution in [2.45, 2.75) is 6.92 Å². The van der Waals surface area contributed by atoms with Gasteiger partial charge in [-0.2, -0.15) is 4.98 Å². The van der Waals surface area contributed by atoms with Crippen LogP contribution < -0.4 is 40.4 Å². The number of nitrogen functional groups attached to an aromatic ring is 1. The molecule has 66 valence electrons. The predicted molar refractivity (Wildman–Crippen MR) is 43.7 cm³/mol. The van der Waals surface area contributed by atoms with Crippen LogP contribution >= 0.6 is 0 Å². The van der Waals surface area contributed by atoms with Crippen LogP contribution in [-0.4, -0.2) is 19.9 Å².